The fourth-order valence-electron chi connectivity index (χ4n) is 2.79. The summed E-state index contributed by atoms with van der Waals surface area (Å²) in [5.74, 6) is 0.0339. The summed E-state index contributed by atoms with van der Waals surface area (Å²) in [6.07, 6.45) is 5.46. The molecule has 8 heteroatoms. The minimum absolute atomic E-state index is 0.0339. The molecule has 1 aromatic carbocycles. The standard InChI is InChI=1S/C19H22ClN5O2/c1-2-3-4-17(26)21-9-10-25-18-16(11-23-25)19(27)24(13-22-18)12-14-5-7-15(20)8-6-14/h5-8,11,13H,2-4,9-10,12H2,1H3,(H,21,26). The molecule has 0 saturated carbocycles. The molecule has 7 nitrogen and oxygen atoms in total. The first-order valence-electron chi connectivity index (χ1n) is 9.00. The van der Waals surface area contributed by atoms with Crippen LogP contribution < -0.4 is 10.9 Å². The summed E-state index contributed by atoms with van der Waals surface area (Å²) in [4.78, 5) is 28.7. The number of nitrogens with one attached hydrogen (secondary N) is 1. The van der Waals surface area contributed by atoms with Crippen LogP contribution in [-0.2, 0) is 17.9 Å². The van der Waals surface area contributed by atoms with E-state index in [0.717, 1.165) is 18.4 Å². The first-order valence-corrected chi connectivity index (χ1v) is 9.38. The third kappa shape index (κ3) is 4.74. The van der Waals surface area contributed by atoms with Gasteiger partial charge < -0.3 is 5.32 Å². The minimum atomic E-state index is -0.145. The van der Waals surface area contributed by atoms with Crippen molar-refractivity contribution in [1.82, 2.24) is 24.6 Å². The molecule has 3 rings (SSSR count). The number of fused-ring (bicyclic) bond motifs is 1. The number of aromatic nitrogens is 4. The molecular weight excluding hydrogens is 366 g/mol. The van der Waals surface area contributed by atoms with E-state index in [1.165, 1.54) is 12.5 Å². The zero-order chi connectivity index (χ0) is 19.2. The number of hydrogen-bond acceptors (Lipinski definition) is 4. The van der Waals surface area contributed by atoms with Crippen molar-refractivity contribution in [3.8, 4) is 0 Å². The lowest BCUT2D eigenvalue weighted by molar-refractivity contribution is -0.121. The Labute approximate surface area is 162 Å². The molecule has 0 aliphatic rings. The van der Waals surface area contributed by atoms with Gasteiger partial charge in [0.15, 0.2) is 5.65 Å². The second kappa shape index (κ2) is 8.81. The Morgan fingerprint density at radius 3 is 2.78 bits per heavy atom. The summed E-state index contributed by atoms with van der Waals surface area (Å²) < 4.78 is 3.19. The summed E-state index contributed by atoms with van der Waals surface area (Å²) in [6, 6.07) is 7.34. The van der Waals surface area contributed by atoms with Crippen molar-refractivity contribution in [2.45, 2.75) is 39.3 Å². The van der Waals surface area contributed by atoms with Crippen molar-refractivity contribution in [1.29, 1.82) is 0 Å². The quantitative estimate of drug-likeness (QED) is 0.644. The topological polar surface area (TPSA) is 81.8 Å². The van der Waals surface area contributed by atoms with Crippen LogP contribution in [0.4, 0.5) is 0 Å². The van der Waals surface area contributed by atoms with Crippen LogP contribution in [0, 0.1) is 0 Å². The Balaban J connectivity index is 1.70. The van der Waals surface area contributed by atoms with Crippen molar-refractivity contribution < 1.29 is 4.79 Å². The fourth-order valence-corrected chi connectivity index (χ4v) is 2.91. The molecule has 2 aromatic heterocycles. The van der Waals surface area contributed by atoms with E-state index in [1.54, 1.807) is 21.4 Å². The zero-order valence-corrected chi connectivity index (χ0v) is 15.9. The second-order valence-electron chi connectivity index (χ2n) is 6.36. The second-order valence-corrected chi connectivity index (χ2v) is 6.80. The number of nitrogens with zero attached hydrogens (tertiary/aromatic N) is 4. The summed E-state index contributed by atoms with van der Waals surface area (Å²) in [5.41, 5.74) is 1.34. The summed E-state index contributed by atoms with van der Waals surface area (Å²) in [6.45, 7) is 3.38. The van der Waals surface area contributed by atoms with Gasteiger partial charge in [-0.3, -0.25) is 14.2 Å². The predicted molar refractivity (Wildman–Crippen MR) is 105 cm³/mol. The molecule has 2 heterocycles. The largest absolute Gasteiger partial charge is 0.354 e. The Morgan fingerprint density at radius 1 is 1.26 bits per heavy atom. The van der Waals surface area contributed by atoms with Gasteiger partial charge >= 0.3 is 0 Å². The average molecular weight is 388 g/mol. The van der Waals surface area contributed by atoms with E-state index < -0.39 is 0 Å². The Kier molecular flexibility index (Phi) is 6.24. The molecule has 1 N–H and O–H groups in total. The van der Waals surface area contributed by atoms with Crippen LogP contribution in [0.5, 0.6) is 0 Å². The normalized spacial score (nSPS) is 11.0. The molecule has 0 fully saturated rings. The Morgan fingerprint density at radius 2 is 2.04 bits per heavy atom. The molecular formula is C19H22ClN5O2. The van der Waals surface area contributed by atoms with E-state index in [4.69, 9.17) is 11.6 Å². The van der Waals surface area contributed by atoms with Crippen molar-refractivity contribution in [2.75, 3.05) is 6.54 Å². The number of hydrogen-bond donors (Lipinski definition) is 1. The number of carbonyl (C=O) groups is 1. The highest BCUT2D eigenvalue weighted by Gasteiger charge is 2.10. The molecule has 1 amide bonds. The van der Waals surface area contributed by atoms with E-state index in [9.17, 15) is 9.59 Å². The molecule has 0 aliphatic heterocycles. The van der Waals surface area contributed by atoms with Crippen molar-refractivity contribution in [2.24, 2.45) is 0 Å². The van der Waals surface area contributed by atoms with Crippen LogP contribution >= 0.6 is 11.6 Å². The molecule has 142 valence electrons. The van der Waals surface area contributed by atoms with Crippen molar-refractivity contribution in [3.63, 3.8) is 0 Å². The maximum atomic E-state index is 12.7. The first-order chi connectivity index (χ1) is 13.1. The van der Waals surface area contributed by atoms with Gasteiger partial charge in [0.25, 0.3) is 5.56 Å². The van der Waals surface area contributed by atoms with E-state index in [-0.39, 0.29) is 11.5 Å². The summed E-state index contributed by atoms with van der Waals surface area (Å²) >= 11 is 5.89. The average Bonchev–Trinajstić information content (AvgIpc) is 3.08. The van der Waals surface area contributed by atoms with Gasteiger partial charge in [0.05, 0.1) is 19.3 Å². The van der Waals surface area contributed by atoms with Crippen LogP contribution in [0.2, 0.25) is 5.02 Å². The molecule has 3 aromatic rings. The lowest BCUT2D eigenvalue weighted by Gasteiger charge is -2.07. The number of halogens is 1. The zero-order valence-electron chi connectivity index (χ0n) is 15.2. The van der Waals surface area contributed by atoms with Gasteiger partial charge in [0.1, 0.15) is 11.7 Å². The van der Waals surface area contributed by atoms with Gasteiger partial charge in [-0.25, -0.2) is 9.67 Å². The fraction of sp³-hybridized carbons (Fsp3) is 0.368. The monoisotopic (exact) mass is 387 g/mol. The van der Waals surface area contributed by atoms with Gasteiger partial charge in [-0.05, 0) is 24.1 Å². The lowest BCUT2D eigenvalue weighted by atomic mass is 10.2. The Hall–Kier alpha value is -2.67. The van der Waals surface area contributed by atoms with Gasteiger partial charge in [-0.2, -0.15) is 5.10 Å². The van der Waals surface area contributed by atoms with Crippen molar-refractivity contribution in [3.05, 3.63) is 57.7 Å². The van der Waals surface area contributed by atoms with Crippen LogP contribution in [-0.4, -0.2) is 31.8 Å². The molecule has 0 bridgehead atoms. The Bertz CT molecular complexity index is 978. The summed E-state index contributed by atoms with van der Waals surface area (Å²) in [5, 5.41) is 8.23. The molecule has 0 aliphatic carbocycles. The predicted octanol–water partition coefficient (Wildman–Crippen LogP) is 2.60. The van der Waals surface area contributed by atoms with E-state index in [1.807, 2.05) is 12.1 Å². The molecule has 0 saturated heterocycles. The van der Waals surface area contributed by atoms with E-state index in [0.29, 0.717) is 42.1 Å². The van der Waals surface area contributed by atoms with Gasteiger partial charge in [-0.15, -0.1) is 0 Å². The third-order valence-corrected chi connectivity index (χ3v) is 4.54. The smallest absolute Gasteiger partial charge is 0.264 e. The first kappa shape index (κ1) is 19.1. The number of amides is 1. The van der Waals surface area contributed by atoms with E-state index in [2.05, 4.69) is 22.3 Å². The SMILES string of the molecule is CCCCC(=O)NCCn1ncc2c(=O)n(Cc3ccc(Cl)cc3)cnc21. The van der Waals surface area contributed by atoms with Gasteiger partial charge in [0, 0.05) is 18.0 Å². The maximum Gasteiger partial charge on any atom is 0.264 e. The van der Waals surface area contributed by atoms with Gasteiger partial charge in [0.2, 0.25) is 5.91 Å². The van der Waals surface area contributed by atoms with Crippen LogP contribution in [0.1, 0.15) is 31.7 Å². The minimum Gasteiger partial charge on any atom is -0.354 e. The maximum absolute atomic E-state index is 12.7. The van der Waals surface area contributed by atoms with E-state index >= 15 is 0 Å². The van der Waals surface area contributed by atoms with Crippen LogP contribution in [0.25, 0.3) is 11.0 Å². The molecule has 0 radical (unpaired) electrons. The highest BCUT2D eigenvalue weighted by molar-refractivity contribution is 6.30. The van der Waals surface area contributed by atoms with Crippen LogP contribution in [0.3, 0.4) is 0 Å². The lowest BCUT2D eigenvalue weighted by Crippen LogP contribution is -2.27. The molecule has 0 spiro atoms. The number of benzene rings is 1. The summed E-state index contributed by atoms with van der Waals surface area (Å²) in [7, 11) is 0. The number of rotatable bonds is 8. The molecule has 0 unspecified atom stereocenters. The molecule has 27 heavy (non-hydrogen) atoms. The highest BCUT2D eigenvalue weighted by atomic mass is 35.5. The highest BCUT2D eigenvalue weighted by Crippen LogP contribution is 2.11. The van der Waals surface area contributed by atoms with Gasteiger partial charge in [-0.1, -0.05) is 37.1 Å². The van der Waals surface area contributed by atoms with Crippen LogP contribution in [0.15, 0.2) is 41.6 Å². The number of carbonyl (C=O) groups excluding carboxylic acids is 1. The van der Waals surface area contributed by atoms with Crippen molar-refractivity contribution >= 4 is 28.5 Å². The molecule has 0 atom stereocenters. The number of unbranched alkanes of at least 4 members (excludes halogenated alkanes) is 1. The third-order valence-electron chi connectivity index (χ3n) is 4.29.